The molecule has 0 fully saturated rings. The van der Waals surface area contributed by atoms with Gasteiger partial charge in [-0.2, -0.15) is 5.10 Å². The third-order valence-corrected chi connectivity index (χ3v) is 5.01. The Balaban J connectivity index is 1.61. The molecule has 0 saturated carbocycles. The van der Waals surface area contributed by atoms with E-state index in [1.165, 1.54) is 6.07 Å². The molecule has 0 aliphatic rings. The molecule has 4 aromatic rings. The summed E-state index contributed by atoms with van der Waals surface area (Å²) in [6, 6.07) is 16.8. The molecule has 1 amide bonds. The second kappa shape index (κ2) is 8.62. The number of aliphatic hydroxyl groups is 2. The van der Waals surface area contributed by atoms with E-state index in [1.807, 2.05) is 18.2 Å². The van der Waals surface area contributed by atoms with Gasteiger partial charge in [0, 0.05) is 16.8 Å². The van der Waals surface area contributed by atoms with Gasteiger partial charge in [0.2, 0.25) is 0 Å². The van der Waals surface area contributed by atoms with Crippen molar-refractivity contribution in [2.24, 2.45) is 0 Å². The Bertz CT molecular complexity index is 1180. The zero-order chi connectivity index (χ0) is 21.1. The maximum absolute atomic E-state index is 12.8. The van der Waals surface area contributed by atoms with E-state index < -0.39 is 24.7 Å². The van der Waals surface area contributed by atoms with Crippen LogP contribution in [0.2, 0.25) is 5.02 Å². The van der Waals surface area contributed by atoms with Crippen LogP contribution in [0.4, 0.5) is 0 Å². The third-order valence-electron chi connectivity index (χ3n) is 4.77. The van der Waals surface area contributed by atoms with Gasteiger partial charge in [-0.3, -0.25) is 4.79 Å². The fraction of sp³-hybridized carbons (Fsp3) is 0.136. The highest BCUT2D eigenvalue weighted by Gasteiger charge is 2.23. The van der Waals surface area contributed by atoms with Crippen molar-refractivity contribution in [1.82, 2.24) is 19.9 Å². The largest absolute Gasteiger partial charge is 0.394 e. The molecule has 0 aliphatic heterocycles. The molecule has 0 radical (unpaired) electrons. The number of hydrogen-bond acceptors (Lipinski definition) is 5. The van der Waals surface area contributed by atoms with Gasteiger partial charge >= 0.3 is 0 Å². The van der Waals surface area contributed by atoms with E-state index in [1.54, 1.807) is 53.3 Å². The van der Waals surface area contributed by atoms with E-state index in [0.717, 1.165) is 11.1 Å². The summed E-state index contributed by atoms with van der Waals surface area (Å²) in [6.45, 7) is -0.426. The van der Waals surface area contributed by atoms with Gasteiger partial charge < -0.3 is 15.5 Å². The topological polar surface area (TPSA) is 99.8 Å². The van der Waals surface area contributed by atoms with Gasteiger partial charge in [0.25, 0.3) is 5.91 Å². The number of fused-ring (bicyclic) bond motifs is 1. The molecule has 152 valence electrons. The van der Waals surface area contributed by atoms with Crippen molar-refractivity contribution < 1.29 is 15.0 Å². The lowest BCUT2D eigenvalue weighted by Gasteiger charge is -2.22. The average Bonchev–Trinajstić information content (AvgIpc) is 3.20. The van der Waals surface area contributed by atoms with Crippen LogP contribution in [-0.4, -0.2) is 43.4 Å². The molecule has 8 heteroatoms. The molecule has 4 rings (SSSR count). The maximum atomic E-state index is 12.8. The summed E-state index contributed by atoms with van der Waals surface area (Å²) in [5.41, 5.74) is 2.80. The van der Waals surface area contributed by atoms with E-state index in [2.05, 4.69) is 15.4 Å². The number of amides is 1. The van der Waals surface area contributed by atoms with Crippen molar-refractivity contribution >= 4 is 23.2 Å². The number of nitrogens with zero attached hydrogens (tertiary/aromatic N) is 3. The number of rotatable bonds is 6. The molecule has 30 heavy (non-hydrogen) atoms. The van der Waals surface area contributed by atoms with E-state index in [0.29, 0.717) is 16.2 Å². The van der Waals surface area contributed by atoms with E-state index in [4.69, 9.17) is 11.6 Å². The lowest BCUT2D eigenvalue weighted by molar-refractivity contribution is 0.0699. The Hall–Kier alpha value is -3.26. The van der Waals surface area contributed by atoms with Crippen molar-refractivity contribution in [3.63, 3.8) is 0 Å². The molecule has 0 bridgehead atoms. The number of carbonyl (C=O) groups is 1. The van der Waals surface area contributed by atoms with Crippen molar-refractivity contribution in [3.8, 4) is 11.1 Å². The summed E-state index contributed by atoms with van der Waals surface area (Å²) in [5.74, 6) is -0.509. The summed E-state index contributed by atoms with van der Waals surface area (Å²) < 4.78 is 1.56. The molecule has 3 N–H and O–H groups in total. The predicted octanol–water partition coefficient (Wildman–Crippen LogP) is 2.87. The molecule has 7 nitrogen and oxygen atoms in total. The van der Waals surface area contributed by atoms with Gasteiger partial charge in [-0.05, 0) is 29.3 Å². The van der Waals surface area contributed by atoms with Gasteiger partial charge in [-0.25, -0.2) is 9.50 Å². The molecule has 0 spiro atoms. The van der Waals surface area contributed by atoms with E-state index in [-0.39, 0.29) is 5.69 Å². The highest BCUT2D eigenvalue weighted by molar-refractivity contribution is 6.30. The number of aromatic nitrogens is 3. The van der Waals surface area contributed by atoms with Crippen molar-refractivity contribution in [2.45, 2.75) is 12.1 Å². The Morgan fingerprint density at radius 3 is 2.67 bits per heavy atom. The molecule has 2 aromatic heterocycles. The van der Waals surface area contributed by atoms with Crippen LogP contribution in [0.1, 0.15) is 22.2 Å². The van der Waals surface area contributed by atoms with Crippen molar-refractivity contribution in [2.75, 3.05) is 6.61 Å². The standard InChI is InChI=1S/C22H19ClN4O3/c23-16-8-4-7-15(11-16)17-12-24-27-10-9-18(25-21(17)27)22(30)26-19(13-28)20(29)14-5-2-1-3-6-14/h1-12,19-20,28-29H,13H2,(H,26,30)/t19-,20-/m1/s1. The summed E-state index contributed by atoms with van der Waals surface area (Å²) in [6.07, 6.45) is 2.24. The van der Waals surface area contributed by atoms with Gasteiger partial charge in [0.05, 0.1) is 18.8 Å². The second-order valence-corrected chi connectivity index (χ2v) is 7.20. The monoisotopic (exact) mass is 422 g/mol. The van der Waals surface area contributed by atoms with E-state index in [9.17, 15) is 15.0 Å². The van der Waals surface area contributed by atoms with Gasteiger partial charge in [0.1, 0.15) is 11.8 Å². The first-order valence-corrected chi connectivity index (χ1v) is 9.69. The van der Waals surface area contributed by atoms with Crippen LogP contribution in [0.5, 0.6) is 0 Å². The smallest absolute Gasteiger partial charge is 0.270 e. The summed E-state index contributed by atoms with van der Waals surface area (Å²) in [4.78, 5) is 17.2. The molecule has 2 atom stereocenters. The van der Waals surface area contributed by atoms with Crippen LogP contribution in [-0.2, 0) is 0 Å². The zero-order valence-corrected chi connectivity index (χ0v) is 16.6. The summed E-state index contributed by atoms with van der Waals surface area (Å²) >= 11 is 6.09. The predicted molar refractivity (Wildman–Crippen MR) is 113 cm³/mol. The van der Waals surface area contributed by atoms with Gasteiger partial charge in [-0.15, -0.1) is 0 Å². The third kappa shape index (κ3) is 4.04. The number of hydrogen-bond donors (Lipinski definition) is 3. The number of aliphatic hydroxyl groups excluding tert-OH is 2. The SMILES string of the molecule is O=C(N[C@H](CO)[C@H](O)c1ccccc1)c1ccn2ncc(-c3cccc(Cl)c3)c2n1. The Kier molecular flexibility index (Phi) is 5.76. The quantitative estimate of drug-likeness (QED) is 0.443. The summed E-state index contributed by atoms with van der Waals surface area (Å²) in [7, 11) is 0. The first-order valence-electron chi connectivity index (χ1n) is 9.32. The fourth-order valence-corrected chi connectivity index (χ4v) is 3.39. The lowest BCUT2D eigenvalue weighted by Crippen LogP contribution is -2.42. The summed E-state index contributed by atoms with van der Waals surface area (Å²) in [5, 5.41) is 27.7. The molecular formula is C22H19ClN4O3. The number of nitrogens with one attached hydrogen (secondary N) is 1. The van der Waals surface area contributed by atoms with Crippen molar-refractivity contribution in [3.05, 3.63) is 89.3 Å². The molecule has 0 aliphatic carbocycles. The molecular weight excluding hydrogens is 404 g/mol. The minimum absolute atomic E-state index is 0.144. The number of carbonyl (C=O) groups excluding carboxylic acids is 1. The van der Waals surface area contributed by atoms with Crippen molar-refractivity contribution in [1.29, 1.82) is 0 Å². The van der Waals surface area contributed by atoms with Crippen LogP contribution in [0, 0.1) is 0 Å². The normalized spacial score (nSPS) is 13.2. The zero-order valence-electron chi connectivity index (χ0n) is 15.8. The van der Waals surface area contributed by atoms with Gasteiger partial charge in [-0.1, -0.05) is 54.1 Å². The average molecular weight is 423 g/mol. The van der Waals surface area contributed by atoms with Crippen LogP contribution in [0.3, 0.4) is 0 Å². The van der Waals surface area contributed by atoms with Crippen LogP contribution >= 0.6 is 11.6 Å². The number of halogens is 1. The number of benzene rings is 2. The highest BCUT2D eigenvalue weighted by atomic mass is 35.5. The van der Waals surface area contributed by atoms with Crippen LogP contribution < -0.4 is 5.32 Å². The second-order valence-electron chi connectivity index (χ2n) is 6.77. The molecule has 2 heterocycles. The maximum Gasteiger partial charge on any atom is 0.270 e. The van der Waals surface area contributed by atoms with E-state index >= 15 is 0 Å². The molecule has 2 aromatic carbocycles. The Morgan fingerprint density at radius 2 is 1.93 bits per heavy atom. The minimum atomic E-state index is -1.05. The fourth-order valence-electron chi connectivity index (χ4n) is 3.20. The Labute approximate surface area is 177 Å². The molecule has 0 saturated heterocycles. The minimum Gasteiger partial charge on any atom is -0.394 e. The lowest BCUT2D eigenvalue weighted by atomic mass is 10.0. The first kappa shape index (κ1) is 20.0. The van der Waals surface area contributed by atoms with Gasteiger partial charge in [0.15, 0.2) is 5.65 Å². The molecule has 0 unspecified atom stereocenters. The van der Waals surface area contributed by atoms with Crippen LogP contribution in [0.25, 0.3) is 16.8 Å². The Morgan fingerprint density at radius 1 is 1.13 bits per heavy atom. The van der Waals surface area contributed by atoms with Crippen LogP contribution in [0.15, 0.2) is 73.1 Å². The first-order chi connectivity index (χ1) is 14.6. The highest BCUT2D eigenvalue weighted by Crippen LogP contribution is 2.26.